The predicted molar refractivity (Wildman–Crippen MR) is 93.8 cm³/mol. The fourth-order valence-electron chi connectivity index (χ4n) is 3.81. The number of ether oxygens (including phenoxy) is 2. The molecule has 24 heavy (non-hydrogen) atoms. The lowest BCUT2D eigenvalue weighted by atomic mass is 10.0. The number of likely N-dealkylation sites (tertiary alicyclic amines) is 2. The Hall–Kier alpha value is -1.46. The standard InChI is InChI=1S/C18H25ClN2O3/c1-23-16-11-14(19)10-13(18(16)24-2)12-20-8-5-15(6-9-20)21-7-3-4-17(21)22/h10-11,15H,3-9,12H2,1-2H3. The maximum atomic E-state index is 11.9. The van der Waals surface area contributed by atoms with Crippen LogP contribution in [0.25, 0.3) is 0 Å². The average molecular weight is 353 g/mol. The summed E-state index contributed by atoms with van der Waals surface area (Å²) < 4.78 is 10.9. The fourth-order valence-corrected chi connectivity index (χ4v) is 4.04. The Morgan fingerprint density at radius 2 is 1.92 bits per heavy atom. The number of carbonyl (C=O) groups excluding carboxylic acids is 1. The molecular formula is C18H25ClN2O3. The van der Waals surface area contributed by atoms with E-state index in [0.717, 1.165) is 63.2 Å². The van der Waals surface area contributed by atoms with E-state index in [-0.39, 0.29) is 0 Å². The summed E-state index contributed by atoms with van der Waals surface area (Å²) in [5.74, 6) is 1.74. The first-order valence-electron chi connectivity index (χ1n) is 8.54. The number of rotatable bonds is 5. The van der Waals surface area contributed by atoms with Crippen molar-refractivity contribution in [2.75, 3.05) is 33.9 Å². The zero-order valence-electron chi connectivity index (χ0n) is 14.4. The van der Waals surface area contributed by atoms with E-state index in [1.807, 2.05) is 6.07 Å². The maximum absolute atomic E-state index is 11.9. The van der Waals surface area contributed by atoms with Crippen LogP contribution in [-0.4, -0.2) is 55.6 Å². The van der Waals surface area contributed by atoms with Gasteiger partial charge in [0.1, 0.15) is 0 Å². The van der Waals surface area contributed by atoms with Gasteiger partial charge in [0.15, 0.2) is 11.5 Å². The van der Waals surface area contributed by atoms with Crippen LogP contribution in [0.2, 0.25) is 5.02 Å². The third-order valence-corrected chi connectivity index (χ3v) is 5.24. The molecule has 0 aromatic heterocycles. The number of methoxy groups -OCH3 is 2. The second kappa shape index (κ2) is 7.62. The number of piperidine rings is 1. The molecule has 6 heteroatoms. The molecule has 2 aliphatic heterocycles. The van der Waals surface area contributed by atoms with E-state index in [1.54, 1.807) is 20.3 Å². The molecule has 2 heterocycles. The van der Waals surface area contributed by atoms with Crippen molar-refractivity contribution >= 4 is 17.5 Å². The van der Waals surface area contributed by atoms with E-state index >= 15 is 0 Å². The van der Waals surface area contributed by atoms with E-state index in [9.17, 15) is 4.79 Å². The smallest absolute Gasteiger partial charge is 0.222 e. The minimum absolute atomic E-state index is 0.328. The molecular weight excluding hydrogens is 328 g/mol. The van der Waals surface area contributed by atoms with Crippen LogP contribution in [-0.2, 0) is 11.3 Å². The summed E-state index contributed by atoms with van der Waals surface area (Å²) in [5, 5.41) is 0.653. The van der Waals surface area contributed by atoms with Gasteiger partial charge in [0.2, 0.25) is 5.91 Å². The molecule has 5 nitrogen and oxygen atoms in total. The maximum Gasteiger partial charge on any atom is 0.222 e. The summed E-state index contributed by atoms with van der Waals surface area (Å²) in [6.45, 7) is 3.67. The first kappa shape index (κ1) is 17.4. The molecule has 0 radical (unpaired) electrons. The SMILES string of the molecule is COc1cc(Cl)cc(CN2CCC(N3CCCC3=O)CC2)c1OC. The second-order valence-electron chi connectivity index (χ2n) is 6.50. The van der Waals surface area contributed by atoms with Gasteiger partial charge >= 0.3 is 0 Å². The second-order valence-corrected chi connectivity index (χ2v) is 6.93. The first-order chi connectivity index (χ1) is 11.6. The zero-order chi connectivity index (χ0) is 17.1. The highest BCUT2D eigenvalue weighted by Crippen LogP contribution is 2.35. The summed E-state index contributed by atoms with van der Waals surface area (Å²) in [6, 6.07) is 4.13. The molecule has 0 bridgehead atoms. The van der Waals surface area contributed by atoms with Crippen LogP contribution >= 0.6 is 11.6 Å². The van der Waals surface area contributed by atoms with Crippen molar-refractivity contribution in [2.24, 2.45) is 0 Å². The third-order valence-electron chi connectivity index (χ3n) is 5.02. The minimum Gasteiger partial charge on any atom is -0.493 e. The van der Waals surface area contributed by atoms with Gasteiger partial charge in [-0.05, 0) is 25.3 Å². The van der Waals surface area contributed by atoms with Gasteiger partial charge in [-0.3, -0.25) is 9.69 Å². The van der Waals surface area contributed by atoms with Crippen molar-refractivity contribution in [1.29, 1.82) is 0 Å². The number of nitrogens with zero attached hydrogens (tertiary/aromatic N) is 2. The summed E-state index contributed by atoms with van der Waals surface area (Å²) in [7, 11) is 3.27. The van der Waals surface area contributed by atoms with Crippen LogP contribution < -0.4 is 9.47 Å². The van der Waals surface area contributed by atoms with Crippen LogP contribution in [0.4, 0.5) is 0 Å². The lowest BCUT2D eigenvalue weighted by molar-refractivity contribution is -0.130. The van der Waals surface area contributed by atoms with Crippen LogP contribution in [0.5, 0.6) is 11.5 Å². The van der Waals surface area contributed by atoms with Crippen molar-refractivity contribution in [1.82, 2.24) is 9.80 Å². The molecule has 0 unspecified atom stereocenters. The molecule has 3 rings (SSSR count). The molecule has 2 saturated heterocycles. The molecule has 0 atom stereocenters. The first-order valence-corrected chi connectivity index (χ1v) is 8.92. The highest BCUT2D eigenvalue weighted by Gasteiger charge is 2.30. The van der Waals surface area contributed by atoms with Gasteiger partial charge in [0.05, 0.1) is 14.2 Å². The van der Waals surface area contributed by atoms with Crippen LogP contribution in [0, 0.1) is 0 Å². The number of halogens is 1. The quantitative estimate of drug-likeness (QED) is 0.817. The van der Waals surface area contributed by atoms with Gasteiger partial charge < -0.3 is 14.4 Å². The summed E-state index contributed by atoms with van der Waals surface area (Å²) in [6.07, 6.45) is 3.80. The fraction of sp³-hybridized carbons (Fsp3) is 0.611. The summed E-state index contributed by atoms with van der Waals surface area (Å²) in [4.78, 5) is 16.4. The lowest BCUT2D eigenvalue weighted by Crippen LogP contribution is -2.45. The topological polar surface area (TPSA) is 42.0 Å². The van der Waals surface area contributed by atoms with Gasteiger partial charge in [-0.15, -0.1) is 0 Å². The molecule has 2 aliphatic rings. The molecule has 2 fully saturated rings. The van der Waals surface area contributed by atoms with Crippen LogP contribution in [0.1, 0.15) is 31.2 Å². The number of hydrogen-bond acceptors (Lipinski definition) is 4. The highest BCUT2D eigenvalue weighted by molar-refractivity contribution is 6.30. The van der Waals surface area contributed by atoms with Crippen molar-refractivity contribution < 1.29 is 14.3 Å². The molecule has 0 spiro atoms. The van der Waals surface area contributed by atoms with Gasteiger partial charge in [-0.1, -0.05) is 11.6 Å². The number of benzene rings is 1. The Labute approximate surface area is 148 Å². The number of hydrogen-bond donors (Lipinski definition) is 0. The summed E-state index contributed by atoms with van der Waals surface area (Å²) >= 11 is 6.20. The number of carbonyl (C=O) groups is 1. The summed E-state index contributed by atoms with van der Waals surface area (Å²) in [5.41, 5.74) is 1.04. The van der Waals surface area contributed by atoms with Crippen LogP contribution in [0.15, 0.2) is 12.1 Å². The van der Waals surface area contributed by atoms with E-state index in [0.29, 0.717) is 22.7 Å². The van der Waals surface area contributed by atoms with Gasteiger partial charge in [-0.2, -0.15) is 0 Å². The van der Waals surface area contributed by atoms with Crippen molar-refractivity contribution in [3.05, 3.63) is 22.7 Å². The van der Waals surface area contributed by atoms with E-state index in [1.165, 1.54) is 0 Å². The van der Waals surface area contributed by atoms with E-state index < -0.39 is 0 Å². The molecule has 1 aromatic carbocycles. The molecule has 0 aliphatic carbocycles. The Balaban J connectivity index is 1.64. The van der Waals surface area contributed by atoms with Gasteiger partial charge in [-0.25, -0.2) is 0 Å². The van der Waals surface area contributed by atoms with Crippen molar-refractivity contribution in [3.63, 3.8) is 0 Å². The predicted octanol–water partition coefficient (Wildman–Crippen LogP) is 2.94. The molecule has 1 amide bonds. The monoisotopic (exact) mass is 352 g/mol. The largest absolute Gasteiger partial charge is 0.493 e. The van der Waals surface area contributed by atoms with Crippen LogP contribution in [0.3, 0.4) is 0 Å². The van der Waals surface area contributed by atoms with Gasteiger partial charge in [0, 0.05) is 55.3 Å². The Morgan fingerprint density at radius 1 is 1.17 bits per heavy atom. The minimum atomic E-state index is 0.328. The zero-order valence-corrected chi connectivity index (χ0v) is 15.1. The van der Waals surface area contributed by atoms with E-state index in [4.69, 9.17) is 21.1 Å². The van der Waals surface area contributed by atoms with Crippen molar-refractivity contribution in [2.45, 2.75) is 38.3 Å². The molecule has 0 saturated carbocycles. The van der Waals surface area contributed by atoms with E-state index in [2.05, 4.69) is 9.80 Å². The lowest BCUT2D eigenvalue weighted by Gasteiger charge is -2.36. The van der Waals surface area contributed by atoms with Gasteiger partial charge in [0.25, 0.3) is 0 Å². The van der Waals surface area contributed by atoms with Crippen molar-refractivity contribution in [3.8, 4) is 11.5 Å². The Morgan fingerprint density at radius 3 is 2.50 bits per heavy atom. The number of amides is 1. The molecule has 132 valence electrons. The third kappa shape index (κ3) is 3.62. The normalized spacial score (nSPS) is 19.8. The molecule has 0 N–H and O–H groups in total. The Bertz CT molecular complexity index is 600. The Kier molecular flexibility index (Phi) is 5.51. The highest BCUT2D eigenvalue weighted by atomic mass is 35.5. The molecule has 1 aromatic rings. The average Bonchev–Trinajstić information content (AvgIpc) is 3.01.